The Balaban J connectivity index is 2.18. The van der Waals surface area contributed by atoms with Gasteiger partial charge >= 0.3 is 0 Å². The molecule has 2 nitrogen and oxygen atoms in total. The summed E-state index contributed by atoms with van der Waals surface area (Å²) in [6, 6.07) is 16.1. The molecule has 0 aromatic heterocycles. The second-order valence-corrected chi connectivity index (χ2v) is 4.62. The van der Waals surface area contributed by atoms with Gasteiger partial charge in [0.15, 0.2) is 0 Å². The number of hydrogen-bond acceptors (Lipinski definition) is 1. The number of nitrogens with one attached hydrogen (secondary N) is 1. The highest BCUT2D eigenvalue weighted by Crippen LogP contribution is 2.15. The molecule has 1 N–H and O–H groups in total. The number of carbonyl (C=O) groups excluding carboxylic acids is 1. The normalized spacial score (nSPS) is 10.2. The minimum Gasteiger partial charge on any atom is -0.272 e. The van der Waals surface area contributed by atoms with Crippen molar-refractivity contribution in [2.24, 2.45) is 0 Å². The van der Waals surface area contributed by atoms with E-state index in [1.54, 1.807) is 0 Å². The Morgan fingerprint density at radius 2 is 1.84 bits per heavy atom. The first-order chi connectivity index (χ1) is 9.19. The van der Waals surface area contributed by atoms with Gasteiger partial charge in [-0.05, 0) is 35.6 Å². The predicted octanol–water partition coefficient (Wildman–Crippen LogP) is 3.13. The zero-order valence-corrected chi connectivity index (χ0v) is 10.8. The van der Waals surface area contributed by atoms with Crippen molar-refractivity contribution in [3.63, 3.8) is 0 Å². The standard InChI is InChI=1S/C16H16FNO/c1-12-7-8-14(9-13-5-3-2-4-6-13)10-15(12)11-16(19)18-17/h2-8,10H,9,11H2,1H3,(H,18,19). The number of hydrogen-bond donors (Lipinski definition) is 1. The van der Waals surface area contributed by atoms with Crippen molar-refractivity contribution in [2.75, 3.05) is 0 Å². The van der Waals surface area contributed by atoms with Gasteiger partial charge in [-0.25, -0.2) is 0 Å². The van der Waals surface area contributed by atoms with E-state index in [1.165, 1.54) is 11.1 Å². The van der Waals surface area contributed by atoms with Gasteiger partial charge in [0.05, 0.1) is 6.42 Å². The molecule has 3 heteroatoms. The molecular formula is C16H16FNO. The van der Waals surface area contributed by atoms with Gasteiger partial charge in [0.2, 0.25) is 0 Å². The lowest BCUT2D eigenvalue weighted by atomic mass is 9.98. The van der Waals surface area contributed by atoms with Gasteiger partial charge in [0, 0.05) is 0 Å². The lowest BCUT2D eigenvalue weighted by molar-refractivity contribution is -0.124. The molecule has 0 aliphatic heterocycles. The van der Waals surface area contributed by atoms with Crippen molar-refractivity contribution >= 4 is 5.91 Å². The van der Waals surface area contributed by atoms with Gasteiger partial charge in [0.25, 0.3) is 5.91 Å². The molecule has 0 unspecified atom stereocenters. The summed E-state index contributed by atoms with van der Waals surface area (Å²) in [6.07, 6.45) is 0.885. The summed E-state index contributed by atoms with van der Waals surface area (Å²) >= 11 is 0. The number of halogens is 1. The van der Waals surface area contributed by atoms with E-state index >= 15 is 0 Å². The zero-order valence-electron chi connectivity index (χ0n) is 10.8. The highest BCUT2D eigenvalue weighted by molar-refractivity contribution is 5.77. The zero-order chi connectivity index (χ0) is 13.7. The van der Waals surface area contributed by atoms with Gasteiger partial charge in [-0.1, -0.05) is 48.5 Å². The maximum atomic E-state index is 12.1. The van der Waals surface area contributed by atoms with Crippen molar-refractivity contribution < 1.29 is 9.28 Å². The van der Waals surface area contributed by atoms with Crippen molar-refractivity contribution in [3.8, 4) is 0 Å². The predicted molar refractivity (Wildman–Crippen MR) is 73.4 cm³/mol. The molecule has 19 heavy (non-hydrogen) atoms. The van der Waals surface area contributed by atoms with Gasteiger partial charge in [-0.2, -0.15) is 5.54 Å². The first-order valence-electron chi connectivity index (χ1n) is 6.21. The van der Waals surface area contributed by atoms with Gasteiger partial charge < -0.3 is 0 Å². The van der Waals surface area contributed by atoms with Crippen LogP contribution in [-0.2, 0) is 17.6 Å². The van der Waals surface area contributed by atoms with E-state index < -0.39 is 5.91 Å². The Morgan fingerprint density at radius 3 is 2.53 bits per heavy atom. The van der Waals surface area contributed by atoms with E-state index in [9.17, 15) is 9.28 Å². The molecule has 0 saturated carbocycles. The molecule has 0 fully saturated rings. The highest BCUT2D eigenvalue weighted by atomic mass is 19.2. The summed E-state index contributed by atoms with van der Waals surface area (Å²) in [6.45, 7) is 1.92. The molecule has 2 aromatic carbocycles. The fourth-order valence-corrected chi connectivity index (χ4v) is 2.06. The van der Waals surface area contributed by atoms with E-state index in [0.29, 0.717) is 0 Å². The van der Waals surface area contributed by atoms with Gasteiger partial charge in [-0.3, -0.25) is 4.79 Å². The van der Waals surface area contributed by atoms with Crippen LogP contribution in [0.25, 0.3) is 0 Å². The van der Waals surface area contributed by atoms with E-state index in [0.717, 1.165) is 23.1 Å². The van der Waals surface area contributed by atoms with E-state index in [1.807, 2.05) is 43.3 Å². The molecule has 98 valence electrons. The molecule has 0 bridgehead atoms. The second kappa shape index (κ2) is 6.14. The topological polar surface area (TPSA) is 29.1 Å². The summed E-state index contributed by atoms with van der Waals surface area (Å²) in [5.41, 5.74) is 5.37. The number of benzene rings is 2. The van der Waals surface area contributed by atoms with Crippen LogP contribution in [0.1, 0.15) is 22.3 Å². The number of aryl methyl sites for hydroxylation is 1. The number of rotatable bonds is 4. The van der Waals surface area contributed by atoms with Crippen LogP contribution < -0.4 is 5.54 Å². The number of amides is 1. The molecule has 0 radical (unpaired) electrons. The minimum absolute atomic E-state index is 0.0744. The van der Waals surface area contributed by atoms with Crippen LogP contribution in [0.3, 0.4) is 0 Å². The van der Waals surface area contributed by atoms with Crippen molar-refractivity contribution in [1.29, 1.82) is 0 Å². The van der Waals surface area contributed by atoms with Crippen LogP contribution in [0, 0.1) is 6.92 Å². The van der Waals surface area contributed by atoms with Crippen LogP contribution >= 0.6 is 0 Å². The van der Waals surface area contributed by atoms with Gasteiger partial charge in [-0.15, -0.1) is 4.48 Å². The Labute approximate surface area is 112 Å². The molecule has 2 rings (SSSR count). The Morgan fingerprint density at radius 1 is 1.11 bits per heavy atom. The third kappa shape index (κ3) is 3.65. The molecular weight excluding hydrogens is 241 g/mol. The summed E-state index contributed by atoms with van der Waals surface area (Å²) in [7, 11) is 0. The van der Waals surface area contributed by atoms with E-state index in [2.05, 4.69) is 12.1 Å². The summed E-state index contributed by atoms with van der Waals surface area (Å²) < 4.78 is 12.1. The fourth-order valence-electron chi connectivity index (χ4n) is 2.06. The first kappa shape index (κ1) is 13.3. The van der Waals surface area contributed by atoms with Crippen LogP contribution in [-0.4, -0.2) is 5.91 Å². The summed E-state index contributed by atoms with van der Waals surface area (Å²) in [4.78, 5) is 11.1. The summed E-state index contributed by atoms with van der Waals surface area (Å²) in [5, 5.41) is 0. The third-order valence-electron chi connectivity index (χ3n) is 3.12. The third-order valence-corrected chi connectivity index (χ3v) is 3.12. The van der Waals surface area contributed by atoms with Crippen LogP contribution in [0.2, 0.25) is 0 Å². The van der Waals surface area contributed by atoms with Crippen LogP contribution in [0.5, 0.6) is 0 Å². The molecule has 0 aliphatic carbocycles. The first-order valence-corrected chi connectivity index (χ1v) is 6.21. The smallest absolute Gasteiger partial charge is 0.252 e. The average Bonchev–Trinajstić information content (AvgIpc) is 2.43. The van der Waals surface area contributed by atoms with E-state index in [-0.39, 0.29) is 6.42 Å². The maximum Gasteiger partial charge on any atom is 0.252 e. The largest absolute Gasteiger partial charge is 0.272 e. The molecule has 2 aromatic rings. The molecule has 0 spiro atoms. The van der Waals surface area contributed by atoms with Crippen molar-refractivity contribution in [3.05, 3.63) is 70.8 Å². The van der Waals surface area contributed by atoms with Crippen molar-refractivity contribution in [1.82, 2.24) is 5.54 Å². The second-order valence-electron chi connectivity index (χ2n) is 4.62. The van der Waals surface area contributed by atoms with Gasteiger partial charge in [0.1, 0.15) is 0 Å². The minimum atomic E-state index is -0.611. The summed E-state index contributed by atoms with van der Waals surface area (Å²) in [5.74, 6) is -0.611. The quantitative estimate of drug-likeness (QED) is 0.838. The Bertz CT molecular complexity index is 566. The SMILES string of the molecule is Cc1ccc(Cc2ccccc2)cc1CC(=O)NF. The molecule has 0 aliphatic rings. The Kier molecular flexibility index (Phi) is 4.29. The molecule has 1 amide bonds. The molecule has 0 atom stereocenters. The lowest BCUT2D eigenvalue weighted by Gasteiger charge is -2.08. The van der Waals surface area contributed by atoms with Crippen LogP contribution in [0.4, 0.5) is 4.48 Å². The Hall–Kier alpha value is -2.16. The average molecular weight is 257 g/mol. The molecule has 0 heterocycles. The van der Waals surface area contributed by atoms with Crippen molar-refractivity contribution in [2.45, 2.75) is 19.8 Å². The number of carbonyl (C=O) groups is 1. The monoisotopic (exact) mass is 257 g/mol. The lowest BCUT2D eigenvalue weighted by Crippen LogP contribution is -2.16. The molecule has 0 saturated heterocycles. The van der Waals surface area contributed by atoms with E-state index in [4.69, 9.17) is 0 Å². The fraction of sp³-hybridized carbons (Fsp3) is 0.188. The van der Waals surface area contributed by atoms with Crippen LogP contribution in [0.15, 0.2) is 48.5 Å². The maximum absolute atomic E-state index is 12.1. The highest BCUT2D eigenvalue weighted by Gasteiger charge is 2.07.